The number of H-pyrrole nitrogens is 1. The van der Waals surface area contributed by atoms with Crippen LogP contribution in [0.15, 0.2) is 74.3 Å². The number of aromatic nitrogens is 3. The van der Waals surface area contributed by atoms with Crippen LogP contribution in [0.5, 0.6) is 0 Å². The summed E-state index contributed by atoms with van der Waals surface area (Å²) in [6, 6.07) is 16.0. The Morgan fingerprint density at radius 2 is 2.03 bits per heavy atom. The molecule has 29 heavy (non-hydrogen) atoms. The summed E-state index contributed by atoms with van der Waals surface area (Å²) in [6.07, 6.45) is 1.58. The standard InChI is InChI=1S/C19H11N5O3S2/c25-24(26)11-5-7-15-16(9-11)28-18(23-15)20-10-12-6-8-17(27-12)29-19-21-13-3-1-2-4-14(13)22-19/h1-10H,(H,21,22). The number of thiazole rings is 1. The van der Waals surface area contributed by atoms with E-state index in [0.29, 0.717) is 26.2 Å². The van der Waals surface area contributed by atoms with E-state index in [9.17, 15) is 10.1 Å². The van der Waals surface area contributed by atoms with Crippen molar-refractivity contribution in [3.63, 3.8) is 0 Å². The lowest BCUT2D eigenvalue weighted by Gasteiger charge is -1.91. The number of imidazole rings is 1. The van der Waals surface area contributed by atoms with Crippen molar-refractivity contribution in [2.45, 2.75) is 10.2 Å². The topological polar surface area (TPSA) is 110 Å². The van der Waals surface area contributed by atoms with E-state index in [4.69, 9.17) is 4.42 Å². The molecule has 0 aliphatic carbocycles. The van der Waals surface area contributed by atoms with Crippen molar-refractivity contribution < 1.29 is 9.34 Å². The number of nitro groups is 1. The summed E-state index contributed by atoms with van der Waals surface area (Å²) in [5.41, 5.74) is 2.59. The maximum atomic E-state index is 10.9. The Morgan fingerprint density at radius 3 is 2.90 bits per heavy atom. The van der Waals surface area contributed by atoms with Crippen molar-refractivity contribution in [3.05, 3.63) is 70.5 Å². The second kappa shape index (κ2) is 7.15. The molecule has 5 aromatic rings. The molecule has 0 amide bonds. The van der Waals surface area contributed by atoms with Gasteiger partial charge in [-0.05, 0) is 42.1 Å². The van der Waals surface area contributed by atoms with Crippen molar-refractivity contribution in [3.8, 4) is 0 Å². The van der Waals surface area contributed by atoms with Crippen molar-refractivity contribution in [1.82, 2.24) is 15.0 Å². The third-order valence-electron chi connectivity index (χ3n) is 4.04. The molecule has 1 N–H and O–H groups in total. The molecule has 0 aliphatic rings. The molecular weight excluding hydrogens is 410 g/mol. The van der Waals surface area contributed by atoms with Crippen LogP contribution in [-0.4, -0.2) is 26.1 Å². The van der Waals surface area contributed by atoms with Gasteiger partial charge in [-0.25, -0.2) is 15.0 Å². The Morgan fingerprint density at radius 1 is 1.14 bits per heavy atom. The second-order valence-corrected chi connectivity index (χ2v) is 7.98. The zero-order valence-corrected chi connectivity index (χ0v) is 16.2. The molecule has 142 valence electrons. The highest BCUT2D eigenvalue weighted by Crippen LogP contribution is 2.31. The highest BCUT2D eigenvalue weighted by molar-refractivity contribution is 7.99. The van der Waals surface area contributed by atoms with Crippen molar-refractivity contribution in [2.75, 3.05) is 0 Å². The lowest BCUT2D eigenvalue weighted by Crippen LogP contribution is -1.85. The van der Waals surface area contributed by atoms with Crippen LogP contribution in [0.2, 0.25) is 0 Å². The number of nitro benzene ring substituents is 1. The number of hydrogen-bond donors (Lipinski definition) is 1. The van der Waals surface area contributed by atoms with Crippen LogP contribution in [0.4, 0.5) is 10.8 Å². The first-order valence-electron chi connectivity index (χ1n) is 8.45. The van der Waals surface area contributed by atoms with Gasteiger partial charge in [0.1, 0.15) is 5.76 Å². The van der Waals surface area contributed by atoms with Crippen LogP contribution in [-0.2, 0) is 0 Å². The maximum Gasteiger partial charge on any atom is 0.270 e. The lowest BCUT2D eigenvalue weighted by molar-refractivity contribution is -0.384. The van der Waals surface area contributed by atoms with E-state index >= 15 is 0 Å². The van der Waals surface area contributed by atoms with Gasteiger partial charge in [0, 0.05) is 12.1 Å². The Labute approximate surface area is 171 Å². The summed E-state index contributed by atoms with van der Waals surface area (Å²) in [4.78, 5) is 26.9. The fourth-order valence-electron chi connectivity index (χ4n) is 2.72. The molecule has 0 aliphatic heterocycles. The lowest BCUT2D eigenvalue weighted by atomic mass is 10.3. The number of aliphatic imine (C=N–C) groups is 1. The molecular formula is C19H11N5O3S2. The van der Waals surface area contributed by atoms with Crippen molar-refractivity contribution >= 4 is 61.4 Å². The highest BCUT2D eigenvalue weighted by atomic mass is 32.2. The molecule has 0 bridgehead atoms. The SMILES string of the molecule is O=[N+]([O-])c1ccc2nc(N=Cc3ccc(Sc4nc5ccccc5[nH]4)o3)sc2c1. The molecule has 0 atom stereocenters. The first kappa shape index (κ1) is 17.6. The van der Waals surface area contributed by atoms with E-state index in [1.54, 1.807) is 12.3 Å². The molecule has 0 fully saturated rings. The number of hydrogen-bond acceptors (Lipinski definition) is 8. The van der Waals surface area contributed by atoms with Crippen LogP contribution in [0, 0.1) is 10.1 Å². The molecule has 0 spiro atoms. The number of aromatic amines is 1. The first-order chi connectivity index (χ1) is 14.1. The molecule has 8 nitrogen and oxygen atoms in total. The van der Waals surface area contributed by atoms with Gasteiger partial charge in [0.2, 0.25) is 5.13 Å². The number of para-hydroxylation sites is 2. The zero-order valence-electron chi connectivity index (χ0n) is 14.6. The van der Waals surface area contributed by atoms with E-state index < -0.39 is 4.92 Å². The molecule has 0 saturated heterocycles. The van der Waals surface area contributed by atoms with Gasteiger partial charge in [0.15, 0.2) is 10.2 Å². The van der Waals surface area contributed by atoms with Gasteiger partial charge in [-0.15, -0.1) is 0 Å². The number of furan rings is 1. The third-order valence-corrected chi connectivity index (χ3v) is 5.77. The van der Waals surface area contributed by atoms with E-state index in [1.807, 2.05) is 36.4 Å². The first-order valence-corrected chi connectivity index (χ1v) is 10.1. The minimum Gasteiger partial charge on any atom is -0.448 e. The molecule has 0 unspecified atom stereocenters. The van der Waals surface area contributed by atoms with Gasteiger partial charge >= 0.3 is 0 Å². The number of nitrogens with zero attached hydrogens (tertiary/aromatic N) is 4. The summed E-state index contributed by atoms with van der Waals surface area (Å²) in [5, 5.41) is 12.8. The van der Waals surface area contributed by atoms with E-state index in [0.717, 1.165) is 16.2 Å². The minimum atomic E-state index is -0.424. The van der Waals surface area contributed by atoms with Crippen LogP contribution >= 0.6 is 23.1 Å². The van der Waals surface area contributed by atoms with Crippen LogP contribution in [0.25, 0.3) is 21.3 Å². The van der Waals surface area contributed by atoms with Gasteiger partial charge < -0.3 is 9.40 Å². The summed E-state index contributed by atoms with van der Waals surface area (Å²) >= 11 is 2.68. The average Bonchev–Trinajstić information content (AvgIpc) is 3.43. The predicted octanol–water partition coefficient (Wildman–Crippen LogP) is 5.58. The van der Waals surface area contributed by atoms with Crippen molar-refractivity contribution in [1.29, 1.82) is 0 Å². The van der Waals surface area contributed by atoms with Gasteiger partial charge in [-0.2, -0.15) is 0 Å². The van der Waals surface area contributed by atoms with E-state index in [2.05, 4.69) is 19.9 Å². The number of rotatable bonds is 5. The highest BCUT2D eigenvalue weighted by Gasteiger charge is 2.10. The van der Waals surface area contributed by atoms with Crippen LogP contribution < -0.4 is 0 Å². The molecule has 0 saturated carbocycles. The molecule has 0 radical (unpaired) electrons. The summed E-state index contributed by atoms with van der Waals surface area (Å²) in [5.74, 6) is 0.578. The van der Waals surface area contributed by atoms with Gasteiger partial charge in [0.05, 0.1) is 32.4 Å². The monoisotopic (exact) mass is 421 g/mol. The Bertz CT molecular complexity index is 1350. The van der Waals surface area contributed by atoms with Gasteiger partial charge in [-0.1, -0.05) is 23.5 Å². The smallest absolute Gasteiger partial charge is 0.270 e. The largest absolute Gasteiger partial charge is 0.448 e. The quantitative estimate of drug-likeness (QED) is 0.225. The number of benzene rings is 2. The summed E-state index contributed by atoms with van der Waals surface area (Å²) < 4.78 is 6.49. The number of non-ortho nitro benzene ring substituents is 1. The molecule has 10 heteroatoms. The maximum absolute atomic E-state index is 10.9. The number of nitrogens with one attached hydrogen (secondary N) is 1. The molecule has 3 heterocycles. The summed E-state index contributed by atoms with van der Waals surface area (Å²) in [7, 11) is 0. The van der Waals surface area contributed by atoms with Gasteiger partial charge in [0.25, 0.3) is 5.69 Å². The van der Waals surface area contributed by atoms with E-state index in [-0.39, 0.29) is 5.69 Å². The Hall–Kier alpha value is -3.50. The normalized spacial score (nSPS) is 11.7. The Balaban J connectivity index is 1.33. The second-order valence-electron chi connectivity index (χ2n) is 5.98. The average molecular weight is 421 g/mol. The summed E-state index contributed by atoms with van der Waals surface area (Å²) in [6.45, 7) is 0. The van der Waals surface area contributed by atoms with E-state index in [1.165, 1.54) is 35.2 Å². The van der Waals surface area contributed by atoms with Gasteiger partial charge in [-0.3, -0.25) is 10.1 Å². The Kier molecular flexibility index (Phi) is 4.34. The van der Waals surface area contributed by atoms with Crippen LogP contribution in [0.1, 0.15) is 5.76 Å². The molecule has 2 aromatic carbocycles. The van der Waals surface area contributed by atoms with Crippen molar-refractivity contribution in [2.24, 2.45) is 4.99 Å². The van der Waals surface area contributed by atoms with Crippen LogP contribution in [0.3, 0.4) is 0 Å². The molecule has 5 rings (SSSR count). The minimum absolute atomic E-state index is 0.0370. The predicted molar refractivity (Wildman–Crippen MR) is 112 cm³/mol. The molecule has 3 aromatic heterocycles. The third kappa shape index (κ3) is 3.62. The zero-order chi connectivity index (χ0) is 19.8. The fourth-order valence-corrected chi connectivity index (χ4v) is 4.33. The number of fused-ring (bicyclic) bond motifs is 2. The fraction of sp³-hybridized carbons (Fsp3) is 0.